The van der Waals surface area contributed by atoms with E-state index in [2.05, 4.69) is 69.7 Å². The van der Waals surface area contributed by atoms with Crippen molar-refractivity contribution in [1.82, 2.24) is 0 Å². The van der Waals surface area contributed by atoms with Crippen molar-refractivity contribution in [1.29, 1.82) is 0 Å². The van der Waals surface area contributed by atoms with E-state index in [4.69, 9.17) is 9.47 Å². The third-order valence-electron chi connectivity index (χ3n) is 9.89. The van der Waals surface area contributed by atoms with Crippen LogP contribution in [0.25, 0.3) is 0 Å². The van der Waals surface area contributed by atoms with E-state index in [1.165, 1.54) is 61.2 Å². The molecule has 0 rings (SSSR count). The monoisotopic (exact) mass is 574 g/mol. The molecular formula is C30H66N2O4Si2+2. The number of hydrogen-bond donors (Lipinski definition) is 0. The fourth-order valence-electron chi connectivity index (χ4n) is 5.71. The molecular weight excluding hydrogens is 509 g/mol. The van der Waals surface area contributed by atoms with Gasteiger partial charge in [-0.15, -0.1) is 0 Å². The van der Waals surface area contributed by atoms with Crippen molar-refractivity contribution in [2.24, 2.45) is 0 Å². The van der Waals surface area contributed by atoms with Crippen LogP contribution in [0, 0.1) is 0 Å². The topological polar surface area (TPSA) is 52.6 Å². The molecule has 0 aromatic heterocycles. The third kappa shape index (κ3) is 15.2. The van der Waals surface area contributed by atoms with Gasteiger partial charge in [-0.1, -0.05) is 89.9 Å². The van der Waals surface area contributed by atoms with Crippen LogP contribution in [0.5, 0.6) is 0 Å². The van der Waals surface area contributed by atoms with E-state index in [0.29, 0.717) is 13.2 Å². The molecule has 0 aromatic rings. The number of rotatable bonds is 23. The Morgan fingerprint density at radius 2 is 0.816 bits per heavy atom. The van der Waals surface area contributed by atoms with Gasteiger partial charge < -0.3 is 18.4 Å². The summed E-state index contributed by atoms with van der Waals surface area (Å²) in [7, 11) is 6.74. The fourth-order valence-corrected chi connectivity index (χ4v) is 12.6. The highest BCUT2D eigenvalue weighted by atomic mass is 28.3. The highest BCUT2D eigenvalue weighted by molar-refractivity contribution is 6.80. The smallest absolute Gasteiger partial charge is 0.306 e. The van der Waals surface area contributed by atoms with Crippen LogP contribution >= 0.6 is 0 Å². The predicted molar refractivity (Wildman–Crippen MR) is 168 cm³/mol. The summed E-state index contributed by atoms with van der Waals surface area (Å²) in [6.45, 7) is 18.9. The molecule has 0 atom stereocenters. The van der Waals surface area contributed by atoms with Crippen molar-refractivity contribution < 1.29 is 28.0 Å². The van der Waals surface area contributed by atoms with Crippen LogP contribution in [0.1, 0.15) is 67.2 Å². The molecule has 0 unspecified atom stereocenters. The van der Waals surface area contributed by atoms with Gasteiger partial charge in [0.2, 0.25) is 0 Å². The van der Waals surface area contributed by atoms with Crippen LogP contribution < -0.4 is 0 Å². The second-order valence-corrected chi connectivity index (χ2v) is 24.3. The van der Waals surface area contributed by atoms with Crippen LogP contribution in [-0.2, 0) is 19.1 Å². The van der Waals surface area contributed by atoms with Gasteiger partial charge in [-0.3, -0.25) is 9.59 Å². The van der Waals surface area contributed by atoms with Gasteiger partial charge >= 0.3 is 11.9 Å². The predicted octanol–water partition coefficient (Wildman–Crippen LogP) is 6.80. The number of hydrogen-bond acceptors (Lipinski definition) is 4. The van der Waals surface area contributed by atoms with Gasteiger partial charge in [0.05, 0.1) is 70.3 Å². The van der Waals surface area contributed by atoms with Crippen LogP contribution in [0.3, 0.4) is 0 Å². The first-order chi connectivity index (χ1) is 17.8. The van der Waals surface area contributed by atoms with Gasteiger partial charge in [0.15, 0.2) is 0 Å². The molecule has 0 saturated heterocycles. The molecule has 0 heterocycles. The van der Waals surface area contributed by atoms with Gasteiger partial charge in [-0.05, 0) is 12.8 Å². The van der Waals surface area contributed by atoms with Crippen molar-refractivity contribution in [3.8, 4) is 0 Å². The highest BCUT2D eigenvalue weighted by Crippen LogP contribution is 2.28. The van der Waals surface area contributed by atoms with E-state index in [1.54, 1.807) is 0 Å². The van der Waals surface area contributed by atoms with Crippen molar-refractivity contribution in [3.63, 3.8) is 0 Å². The van der Waals surface area contributed by atoms with E-state index in [0.717, 1.165) is 35.1 Å². The second-order valence-electron chi connectivity index (χ2n) is 13.0. The number of ether oxygens (including phenoxy) is 2. The van der Waals surface area contributed by atoms with Gasteiger partial charge in [-0.2, -0.15) is 0 Å². The van der Waals surface area contributed by atoms with Crippen LogP contribution in [0.15, 0.2) is 0 Å². The molecule has 0 fully saturated rings. The molecule has 0 radical (unpaired) electrons. The molecule has 0 N–H and O–H groups in total. The number of esters is 2. The Labute approximate surface area is 239 Å². The Morgan fingerprint density at radius 3 is 1.08 bits per heavy atom. The lowest BCUT2D eigenvalue weighted by molar-refractivity contribution is -0.890. The summed E-state index contributed by atoms with van der Waals surface area (Å²) in [5.41, 5.74) is 0. The zero-order chi connectivity index (χ0) is 29.3. The number of carbonyl (C=O) groups excluding carboxylic acids is 2. The summed E-state index contributed by atoms with van der Waals surface area (Å²) in [5.74, 6) is -0.606. The quantitative estimate of drug-likeness (QED) is 0.0765. The van der Waals surface area contributed by atoms with E-state index in [1.807, 2.05) is 0 Å². The number of likely N-dealkylation sites (N-methyl/N-ethyl adjacent to an activating group) is 2. The normalized spacial score (nSPS) is 13.0. The highest BCUT2D eigenvalue weighted by Gasteiger charge is 2.28. The van der Waals surface area contributed by atoms with Crippen molar-refractivity contribution in [3.05, 3.63) is 0 Å². The SMILES string of the molecule is CC[Si](CC)(CC)CCC[N+](C)(C)CCOC(=O)CCC(=O)OCC[N+](C)(C)CCC[Si](CC)(CC)CC. The maximum absolute atomic E-state index is 12.2. The molecule has 38 heavy (non-hydrogen) atoms. The summed E-state index contributed by atoms with van der Waals surface area (Å²) < 4.78 is 12.6. The Bertz CT molecular complexity index is 590. The van der Waals surface area contributed by atoms with E-state index in [9.17, 15) is 9.59 Å². The largest absolute Gasteiger partial charge is 0.460 e. The molecule has 226 valence electrons. The molecule has 0 aliphatic rings. The first kappa shape index (κ1) is 37.3. The molecule has 0 spiro atoms. The Balaban J connectivity index is 4.16. The van der Waals surface area contributed by atoms with Crippen LogP contribution in [0.2, 0.25) is 48.4 Å². The molecule has 0 aliphatic heterocycles. The lowest BCUT2D eigenvalue weighted by atomic mass is 10.3. The summed E-state index contributed by atoms with van der Waals surface area (Å²) >= 11 is 0. The van der Waals surface area contributed by atoms with Gasteiger partial charge in [-0.25, -0.2) is 0 Å². The number of quaternary nitrogens is 2. The average molecular weight is 575 g/mol. The minimum Gasteiger partial charge on any atom is -0.460 e. The second kappa shape index (κ2) is 18.6. The van der Waals surface area contributed by atoms with Crippen molar-refractivity contribution in [2.45, 2.75) is 116 Å². The van der Waals surface area contributed by atoms with Gasteiger partial charge in [0, 0.05) is 0 Å². The number of carbonyl (C=O) groups is 2. The Hall–Kier alpha value is -0.706. The Kier molecular flexibility index (Phi) is 18.3. The zero-order valence-electron chi connectivity index (χ0n) is 27.3. The molecule has 0 saturated carbocycles. The zero-order valence-corrected chi connectivity index (χ0v) is 29.3. The third-order valence-corrected chi connectivity index (χ3v) is 21.7. The minimum absolute atomic E-state index is 0.0971. The summed E-state index contributed by atoms with van der Waals surface area (Å²) in [5, 5.41) is 0. The minimum atomic E-state index is -1.06. The standard InChI is InChI=1S/C30H66N2O4Si2/c1-11-37(12-2,13-3)27-17-21-31(7,8)23-25-35-29(33)19-20-30(34)36-26-24-32(9,10)22-18-28-38(14-4,15-5)16-6/h11-28H2,1-10H3/q+2. The van der Waals surface area contributed by atoms with Gasteiger partial charge in [0.25, 0.3) is 0 Å². The first-order valence-electron chi connectivity index (χ1n) is 15.7. The average Bonchev–Trinajstić information content (AvgIpc) is 2.88. The molecule has 0 amide bonds. The molecule has 8 heteroatoms. The maximum atomic E-state index is 12.2. The van der Waals surface area contributed by atoms with E-state index in [-0.39, 0.29) is 24.8 Å². The van der Waals surface area contributed by atoms with Crippen LogP contribution in [0.4, 0.5) is 0 Å². The van der Waals surface area contributed by atoms with Crippen molar-refractivity contribution >= 4 is 28.1 Å². The first-order valence-corrected chi connectivity index (χ1v) is 21.4. The molecule has 0 bridgehead atoms. The lowest BCUT2D eigenvalue weighted by Crippen LogP contribution is -2.44. The number of nitrogens with zero attached hydrogens (tertiary/aromatic N) is 2. The molecule has 6 nitrogen and oxygen atoms in total. The maximum Gasteiger partial charge on any atom is 0.306 e. The molecule has 0 aromatic carbocycles. The van der Waals surface area contributed by atoms with E-state index >= 15 is 0 Å². The van der Waals surface area contributed by atoms with Crippen LogP contribution in [-0.4, -0.2) is 105 Å². The summed E-state index contributed by atoms with van der Waals surface area (Å²) in [6.07, 6.45) is 2.70. The fraction of sp³-hybridized carbons (Fsp3) is 0.933. The van der Waals surface area contributed by atoms with Gasteiger partial charge in [0.1, 0.15) is 26.3 Å². The van der Waals surface area contributed by atoms with Crippen molar-refractivity contribution in [2.75, 3.05) is 67.6 Å². The lowest BCUT2D eigenvalue weighted by Gasteiger charge is -2.33. The molecule has 0 aliphatic carbocycles. The Morgan fingerprint density at radius 1 is 0.526 bits per heavy atom. The summed E-state index contributed by atoms with van der Waals surface area (Å²) in [6, 6.07) is 11.1. The summed E-state index contributed by atoms with van der Waals surface area (Å²) in [4.78, 5) is 24.3. The van der Waals surface area contributed by atoms with E-state index < -0.39 is 16.1 Å².